The van der Waals surface area contributed by atoms with E-state index in [9.17, 15) is 0 Å². The first-order valence-electron chi connectivity index (χ1n) is 2.28. The maximum Gasteiger partial charge on any atom is 0.0243 e. The molecule has 1 N–H and O–H groups in total. The van der Waals surface area contributed by atoms with Crippen molar-refractivity contribution in [3.05, 3.63) is 6.54 Å². The van der Waals surface area contributed by atoms with Crippen molar-refractivity contribution in [2.45, 2.75) is 13.8 Å². The fourth-order valence-corrected chi connectivity index (χ4v) is 0.333. The normalized spacial score (nSPS) is 10.0. The van der Waals surface area contributed by atoms with Crippen molar-refractivity contribution < 1.29 is 0 Å². The molecule has 0 spiro atoms. The van der Waals surface area contributed by atoms with Gasteiger partial charge in [0.15, 0.2) is 0 Å². The predicted molar refractivity (Wildman–Crippen MR) is 28.2 cm³/mol. The highest BCUT2D eigenvalue weighted by Gasteiger charge is 1.85. The van der Waals surface area contributed by atoms with E-state index < -0.39 is 0 Å². The lowest BCUT2D eigenvalue weighted by Gasteiger charge is -1.97. The summed E-state index contributed by atoms with van der Waals surface area (Å²) in [4.78, 5) is 0. The quantitative estimate of drug-likeness (QED) is 0.529. The first kappa shape index (κ1) is 5.96. The average Bonchev–Trinajstić information content (AvgIpc) is 1.35. The molecule has 1 radical (unpaired) electrons. The molecule has 0 aromatic rings. The van der Waals surface area contributed by atoms with Crippen LogP contribution in [0.25, 0.3) is 0 Å². The molecule has 0 fully saturated rings. The molecular formula is C5H12N. The predicted octanol–water partition coefficient (Wildman–Crippen LogP) is 1.02. The van der Waals surface area contributed by atoms with Crippen LogP contribution in [0, 0.1) is 12.5 Å². The van der Waals surface area contributed by atoms with Crippen LogP contribution in [0.1, 0.15) is 13.8 Å². The minimum Gasteiger partial charge on any atom is -0.315 e. The van der Waals surface area contributed by atoms with E-state index in [1.165, 1.54) is 0 Å². The van der Waals surface area contributed by atoms with Gasteiger partial charge in [-0.05, 0) is 13.0 Å². The second kappa shape index (κ2) is 3.16. The molecule has 0 aliphatic carbocycles. The van der Waals surface area contributed by atoms with Gasteiger partial charge in [0.25, 0.3) is 0 Å². The molecule has 0 unspecified atom stereocenters. The third kappa shape index (κ3) is 3.96. The highest BCUT2D eigenvalue weighted by Crippen LogP contribution is 1.89. The molecule has 37 valence electrons. The zero-order valence-corrected chi connectivity index (χ0v) is 4.65. The summed E-state index contributed by atoms with van der Waals surface area (Å²) in [7, 11) is 1.92. The van der Waals surface area contributed by atoms with Crippen LogP contribution in [0.2, 0.25) is 0 Å². The number of hydrogen-bond acceptors (Lipinski definition) is 1. The van der Waals surface area contributed by atoms with Crippen molar-refractivity contribution in [3.63, 3.8) is 0 Å². The van der Waals surface area contributed by atoms with E-state index in [0.29, 0.717) is 5.92 Å². The summed E-state index contributed by atoms with van der Waals surface area (Å²) in [5, 5.41) is 2.94. The molecule has 0 bridgehead atoms. The van der Waals surface area contributed by atoms with Gasteiger partial charge in [-0.1, -0.05) is 13.8 Å². The number of hydrogen-bond donors (Lipinski definition) is 1. The zero-order valence-electron chi connectivity index (χ0n) is 4.65. The van der Waals surface area contributed by atoms with Crippen molar-refractivity contribution in [3.8, 4) is 0 Å². The Balaban J connectivity index is 2.63. The van der Waals surface area contributed by atoms with Gasteiger partial charge in [0, 0.05) is 6.54 Å². The lowest BCUT2D eigenvalue weighted by Crippen LogP contribution is -2.05. The Bertz CT molecular complexity index is 25.1. The Hall–Kier alpha value is -0.0400. The van der Waals surface area contributed by atoms with Crippen LogP contribution in [-0.4, -0.2) is 7.05 Å². The third-order valence-electron chi connectivity index (χ3n) is 0.500. The SMILES string of the molecule is CN[CH]C(C)C. The second-order valence-electron chi connectivity index (χ2n) is 1.70. The molecule has 0 saturated heterocycles. The van der Waals surface area contributed by atoms with Crippen molar-refractivity contribution in [2.75, 3.05) is 7.05 Å². The van der Waals surface area contributed by atoms with E-state index in [0.717, 1.165) is 0 Å². The van der Waals surface area contributed by atoms with Gasteiger partial charge in [-0.15, -0.1) is 0 Å². The summed E-state index contributed by atoms with van der Waals surface area (Å²) >= 11 is 0. The van der Waals surface area contributed by atoms with Crippen molar-refractivity contribution in [1.82, 2.24) is 5.32 Å². The molecule has 1 nitrogen and oxygen atoms in total. The summed E-state index contributed by atoms with van der Waals surface area (Å²) in [6.07, 6.45) is 0. The topological polar surface area (TPSA) is 12.0 Å². The van der Waals surface area contributed by atoms with Gasteiger partial charge in [-0.2, -0.15) is 0 Å². The maximum absolute atomic E-state index is 2.94. The molecule has 0 heterocycles. The molecule has 0 aromatic heterocycles. The van der Waals surface area contributed by atoms with Gasteiger partial charge in [0.1, 0.15) is 0 Å². The standard InChI is InChI=1S/C5H12N/c1-5(2)4-6-3/h4-6H,1-3H3. The first-order valence-corrected chi connectivity index (χ1v) is 2.28. The Kier molecular flexibility index (Phi) is 3.14. The van der Waals surface area contributed by atoms with E-state index in [1.807, 2.05) is 13.6 Å². The molecule has 6 heavy (non-hydrogen) atoms. The summed E-state index contributed by atoms with van der Waals surface area (Å²) in [6.45, 7) is 6.31. The smallest absolute Gasteiger partial charge is 0.0243 e. The molecule has 0 saturated carbocycles. The Labute approximate surface area is 39.7 Å². The van der Waals surface area contributed by atoms with Crippen LogP contribution in [0.15, 0.2) is 0 Å². The number of rotatable bonds is 2. The molecular weight excluding hydrogens is 74.1 g/mol. The van der Waals surface area contributed by atoms with Crippen LogP contribution >= 0.6 is 0 Å². The van der Waals surface area contributed by atoms with Crippen molar-refractivity contribution >= 4 is 0 Å². The van der Waals surface area contributed by atoms with Crippen LogP contribution in [0.4, 0.5) is 0 Å². The van der Waals surface area contributed by atoms with E-state index in [1.54, 1.807) is 0 Å². The molecule has 1 heteroatoms. The zero-order chi connectivity index (χ0) is 4.99. The molecule has 0 atom stereocenters. The fraction of sp³-hybridized carbons (Fsp3) is 0.800. The van der Waals surface area contributed by atoms with Crippen LogP contribution in [-0.2, 0) is 0 Å². The van der Waals surface area contributed by atoms with Crippen molar-refractivity contribution in [2.24, 2.45) is 5.92 Å². The number of nitrogens with one attached hydrogen (secondary N) is 1. The van der Waals surface area contributed by atoms with Gasteiger partial charge in [0.05, 0.1) is 0 Å². The molecule has 0 aliphatic rings. The van der Waals surface area contributed by atoms with E-state index in [4.69, 9.17) is 0 Å². The van der Waals surface area contributed by atoms with E-state index in [2.05, 4.69) is 19.2 Å². The average molecular weight is 86.2 g/mol. The van der Waals surface area contributed by atoms with E-state index in [-0.39, 0.29) is 0 Å². The summed E-state index contributed by atoms with van der Waals surface area (Å²) in [6, 6.07) is 0. The third-order valence-corrected chi connectivity index (χ3v) is 0.500. The fourth-order valence-electron chi connectivity index (χ4n) is 0.333. The van der Waals surface area contributed by atoms with Crippen LogP contribution in [0.5, 0.6) is 0 Å². The van der Waals surface area contributed by atoms with Gasteiger partial charge in [0.2, 0.25) is 0 Å². The molecule has 0 rings (SSSR count). The summed E-state index contributed by atoms with van der Waals surface area (Å²) < 4.78 is 0. The largest absolute Gasteiger partial charge is 0.315 e. The lowest BCUT2D eigenvalue weighted by molar-refractivity contribution is 0.689. The van der Waals surface area contributed by atoms with Gasteiger partial charge < -0.3 is 5.32 Å². The Morgan fingerprint density at radius 2 is 2.00 bits per heavy atom. The highest BCUT2D eigenvalue weighted by atomic mass is 14.8. The molecule has 0 aliphatic heterocycles. The van der Waals surface area contributed by atoms with Crippen LogP contribution in [0.3, 0.4) is 0 Å². The van der Waals surface area contributed by atoms with Gasteiger partial charge in [-0.3, -0.25) is 0 Å². The van der Waals surface area contributed by atoms with E-state index >= 15 is 0 Å². The highest BCUT2D eigenvalue weighted by molar-refractivity contribution is 4.60. The second-order valence-corrected chi connectivity index (χ2v) is 1.70. The van der Waals surface area contributed by atoms with Gasteiger partial charge in [-0.25, -0.2) is 0 Å². The minimum absolute atomic E-state index is 0.662. The Morgan fingerprint density at radius 3 is 2.00 bits per heavy atom. The summed E-state index contributed by atoms with van der Waals surface area (Å²) in [5.74, 6) is 0.662. The Morgan fingerprint density at radius 1 is 1.50 bits per heavy atom. The lowest BCUT2D eigenvalue weighted by atomic mass is 10.2. The minimum atomic E-state index is 0.662. The maximum atomic E-state index is 2.94. The van der Waals surface area contributed by atoms with Gasteiger partial charge >= 0.3 is 0 Å². The summed E-state index contributed by atoms with van der Waals surface area (Å²) in [5.41, 5.74) is 0. The first-order chi connectivity index (χ1) is 2.77. The van der Waals surface area contributed by atoms with Crippen molar-refractivity contribution in [1.29, 1.82) is 0 Å². The monoisotopic (exact) mass is 86.1 g/mol. The molecule has 0 amide bonds. The van der Waals surface area contributed by atoms with Crippen LogP contribution < -0.4 is 5.32 Å². The molecule has 0 aromatic carbocycles.